The van der Waals surface area contributed by atoms with E-state index in [-0.39, 0.29) is 24.9 Å². The van der Waals surface area contributed by atoms with E-state index < -0.39 is 0 Å². The SMILES string of the molecule is Cc1cc(NN)nc(CN2CC(=O)NC(=O)C2)n1. The first-order valence-electron chi connectivity index (χ1n) is 5.43. The van der Waals surface area contributed by atoms with Crippen molar-refractivity contribution in [3.63, 3.8) is 0 Å². The standard InChI is InChI=1S/C10H14N6O2/c1-6-2-7(15-11)13-8(12-6)3-16-4-9(17)14-10(18)5-16/h2H,3-5,11H2,1H3,(H,12,13,15)(H,14,17,18). The second kappa shape index (κ2) is 5.07. The third-order valence-corrected chi connectivity index (χ3v) is 2.43. The predicted molar refractivity (Wildman–Crippen MR) is 63.0 cm³/mol. The van der Waals surface area contributed by atoms with Gasteiger partial charge in [0.05, 0.1) is 19.6 Å². The summed E-state index contributed by atoms with van der Waals surface area (Å²) < 4.78 is 0. The van der Waals surface area contributed by atoms with Crippen LogP contribution in [0.4, 0.5) is 5.82 Å². The fourth-order valence-corrected chi connectivity index (χ4v) is 1.78. The molecule has 96 valence electrons. The van der Waals surface area contributed by atoms with Gasteiger partial charge < -0.3 is 5.43 Å². The molecule has 1 aliphatic heterocycles. The van der Waals surface area contributed by atoms with Gasteiger partial charge in [0.2, 0.25) is 11.8 Å². The maximum absolute atomic E-state index is 11.2. The van der Waals surface area contributed by atoms with E-state index in [0.717, 1.165) is 5.69 Å². The van der Waals surface area contributed by atoms with Crippen LogP contribution in [0.25, 0.3) is 0 Å². The van der Waals surface area contributed by atoms with Crippen LogP contribution in [0.15, 0.2) is 6.07 Å². The largest absolute Gasteiger partial charge is 0.308 e. The summed E-state index contributed by atoms with van der Waals surface area (Å²) in [6.45, 7) is 2.47. The molecule has 0 bridgehead atoms. The van der Waals surface area contributed by atoms with Crippen LogP contribution in [-0.2, 0) is 16.1 Å². The zero-order valence-electron chi connectivity index (χ0n) is 9.93. The zero-order valence-corrected chi connectivity index (χ0v) is 9.93. The molecule has 1 aromatic heterocycles. The summed E-state index contributed by atoms with van der Waals surface area (Å²) in [5.41, 5.74) is 3.21. The van der Waals surface area contributed by atoms with Crippen LogP contribution >= 0.6 is 0 Å². The molecule has 0 unspecified atom stereocenters. The van der Waals surface area contributed by atoms with Gasteiger partial charge in [0.1, 0.15) is 11.6 Å². The highest BCUT2D eigenvalue weighted by Gasteiger charge is 2.23. The van der Waals surface area contributed by atoms with Gasteiger partial charge in [-0.05, 0) is 6.92 Å². The number of hydrogen-bond acceptors (Lipinski definition) is 7. The highest BCUT2D eigenvalue weighted by molar-refractivity contribution is 5.99. The minimum Gasteiger partial charge on any atom is -0.308 e. The Morgan fingerprint density at radius 2 is 2.06 bits per heavy atom. The number of aromatic nitrogens is 2. The Bertz CT molecular complexity index is 473. The Morgan fingerprint density at radius 1 is 1.39 bits per heavy atom. The monoisotopic (exact) mass is 250 g/mol. The molecular formula is C10H14N6O2. The Balaban J connectivity index is 2.11. The molecule has 1 aromatic rings. The molecule has 0 aromatic carbocycles. The quantitative estimate of drug-likeness (QED) is 0.341. The number of anilines is 1. The lowest BCUT2D eigenvalue weighted by Gasteiger charge is -2.24. The van der Waals surface area contributed by atoms with E-state index >= 15 is 0 Å². The number of carbonyl (C=O) groups excluding carboxylic acids is 2. The number of hydrogen-bond donors (Lipinski definition) is 3. The molecule has 0 saturated carbocycles. The Morgan fingerprint density at radius 3 is 2.67 bits per heavy atom. The highest BCUT2D eigenvalue weighted by atomic mass is 16.2. The Hall–Kier alpha value is -2.06. The lowest BCUT2D eigenvalue weighted by molar-refractivity contribution is -0.136. The van der Waals surface area contributed by atoms with Crippen LogP contribution in [0.3, 0.4) is 0 Å². The first kappa shape index (κ1) is 12.4. The molecule has 0 atom stereocenters. The molecule has 0 aliphatic carbocycles. The number of imide groups is 1. The first-order chi connectivity index (χ1) is 8.56. The summed E-state index contributed by atoms with van der Waals surface area (Å²) in [6.07, 6.45) is 0. The van der Waals surface area contributed by atoms with Crippen molar-refractivity contribution in [2.45, 2.75) is 13.5 Å². The van der Waals surface area contributed by atoms with Gasteiger partial charge in [0.25, 0.3) is 0 Å². The van der Waals surface area contributed by atoms with E-state index in [0.29, 0.717) is 18.2 Å². The van der Waals surface area contributed by atoms with Crippen LogP contribution in [0.5, 0.6) is 0 Å². The molecule has 0 radical (unpaired) electrons. The summed E-state index contributed by atoms with van der Waals surface area (Å²) >= 11 is 0. The minimum atomic E-state index is -0.309. The molecule has 4 N–H and O–H groups in total. The first-order valence-corrected chi connectivity index (χ1v) is 5.43. The molecule has 2 rings (SSSR count). The molecular weight excluding hydrogens is 236 g/mol. The van der Waals surface area contributed by atoms with E-state index in [1.807, 2.05) is 6.92 Å². The number of nitrogen functional groups attached to an aromatic ring is 1. The van der Waals surface area contributed by atoms with Gasteiger partial charge in [-0.25, -0.2) is 15.8 Å². The Labute approximate surface area is 104 Å². The smallest absolute Gasteiger partial charge is 0.240 e. The molecule has 2 amide bonds. The molecule has 18 heavy (non-hydrogen) atoms. The van der Waals surface area contributed by atoms with Gasteiger partial charge in [-0.1, -0.05) is 0 Å². The molecule has 1 aliphatic rings. The maximum Gasteiger partial charge on any atom is 0.240 e. The number of hydrazine groups is 1. The van der Waals surface area contributed by atoms with Gasteiger partial charge in [0, 0.05) is 11.8 Å². The molecule has 0 spiro atoms. The molecule has 8 nitrogen and oxygen atoms in total. The van der Waals surface area contributed by atoms with E-state index in [2.05, 4.69) is 20.7 Å². The van der Waals surface area contributed by atoms with Gasteiger partial charge in [-0.15, -0.1) is 0 Å². The van der Waals surface area contributed by atoms with E-state index in [1.54, 1.807) is 11.0 Å². The van der Waals surface area contributed by atoms with Crippen LogP contribution in [0.2, 0.25) is 0 Å². The summed E-state index contributed by atoms with van der Waals surface area (Å²) in [5, 5.41) is 2.24. The van der Waals surface area contributed by atoms with Crippen molar-refractivity contribution in [2.24, 2.45) is 5.84 Å². The fraction of sp³-hybridized carbons (Fsp3) is 0.400. The van der Waals surface area contributed by atoms with Crippen molar-refractivity contribution in [1.82, 2.24) is 20.2 Å². The van der Waals surface area contributed by atoms with Gasteiger partial charge in [0.15, 0.2) is 0 Å². The lowest BCUT2D eigenvalue weighted by Crippen LogP contribution is -2.51. The van der Waals surface area contributed by atoms with E-state index in [9.17, 15) is 9.59 Å². The summed E-state index contributed by atoms with van der Waals surface area (Å²) in [5.74, 6) is 5.70. The number of amides is 2. The minimum absolute atomic E-state index is 0.161. The molecule has 2 heterocycles. The van der Waals surface area contributed by atoms with E-state index in [4.69, 9.17) is 5.84 Å². The molecule has 1 fully saturated rings. The average molecular weight is 250 g/mol. The molecule has 8 heteroatoms. The third kappa shape index (κ3) is 2.99. The van der Waals surface area contributed by atoms with Gasteiger partial charge in [-0.2, -0.15) is 0 Å². The van der Waals surface area contributed by atoms with Crippen LogP contribution < -0.4 is 16.6 Å². The van der Waals surface area contributed by atoms with Crippen molar-refractivity contribution < 1.29 is 9.59 Å². The van der Waals surface area contributed by atoms with Gasteiger partial charge >= 0.3 is 0 Å². The van der Waals surface area contributed by atoms with Crippen molar-refractivity contribution in [3.05, 3.63) is 17.6 Å². The number of rotatable bonds is 3. The number of carbonyl (C=O) groups is 2. The topological polar surface area (TPSA) is 113 Å². The second-order valence-corrected chi connectivity index (χ2v) is 4.07. The van der Waals surface area contributed by atoms with Gasteiger partial charge in [-0.3, -0.25) is 19.8 Å². The maximum atomic E-state index is 11.2. The normalized spacial score (nSPS) is 16.6. The number of nitrogens with one attached hydrogen (secondary N) is 2. The number of aryl methyl sites for hydroxylation is 1. The van der Waals surface area contributed by atoms with Crippen LogP contribution in [-0.4, -0.2) is 39.8 Å². The van der Waals surface area contributed by atoms with Crippen molar-refractivity contribution >= 4 is 17.6 Å². The lowest BCUT2D eigenvalue weighted by atomic mass is 10.3. The number of nitrogens with zero attached hydrogens (tertiary/aromatic N) is 3. The summed E-state index contributed by atoms with van der Waals surface area (Å²) in [4.78, 5) is 32.5. The zero-order chi connectivity index (χ0) is 13.1. The summed E-state index contributed by atoms with van der Waals surface area (Å²) in [6, 6.07) is 1.71. The van der Waals surface area contributed by atoms with Crippen LogP contribution in [0.1, 0.15) is 11.5 Å². The highest BCUT2D eigenvalue weighted by Crippen LogP contribution is 2.07. The van der Waals surface area contributed by atoms with Crippen molar-refractivity contribution in [2.75, 3.05) is 18.5 Å². The molecule has 1 saturated heterocycles. The summed E-state index contributed by atoms with van der Waals surface area (Å²) in [7, 11) is 0. The number of nitrogens with two attached hydrogens (primary N) is 1. The number of piperazine rings is 1. The second-order valence-electron chi connectivity index (χ2n) is 4.07. The fourth-order valence-electron chi connectivity index (χ4n) is 1.78. The Kier molecular flexibility index (Phi) is 3.49. The average Bonchev–Trinajstić information content (AvgIpc) is 2.26. The van der Waals surface area contributed by atoms with Crippen molar-refractivity contribution in [3.8, 4) is 0 Å². The third-order valence-electron chi connectivity index (χ3n) is 2.43. The van der Waals surface area contributed by atoms with E-state index in [1.165, 1.54) is 0 Å². The predicted octanol–water partition coefficient (Wildman–Crippen LogP) is -1.47. The van der Waals surface area contributed by atoms with Crippen molar-refractivity contribution in [1.29, 1.82) is 0 Å². The van der Waals surface area contributed by atoms with Crippen LogP contribution in [0, 0.1) is 6.92 Å².